The van der Waals surface area contributed by atoms with E-state index in [1.54, 1.807) is 30.3 Å². The van der Waals surface area contributed by atoms with Gasteiger partial charge in [-0.2, -0.15) is 10.4 Å². The lowest BCUT2D eigenvalue weighted by atomic mass is 10.1. The fourth-order valence-corrected chi connectivity index (χ4v) is 2.91. The van der Waals surface area contributed by atoms with Gasteiger partial charge >= 0.3 is 6.03 Å². The third-order valence-electron chi connectivity index (χ3n) is 4.40. The van der Waals surface area contributed by atoms with Gasteiger partial charge in [-0.05, 0) is 50.1 Å². The molecule has 2 aromatic rings. The molecule has 8 nitrogen and oxygen atoms in total. The van der Waals surface area contributed by atoms with Crippen LogP contribution in [0, 0.1) is 25.2 Å². The molecule has 0 bridgehead atoms. The Kier molecular flexibility index (Phi) is 7.98. The number of carbonyl (C=O) groups excluding carboxylic acids is 2. The van der Waals surface area contributed by atoms with Gasteiger partial charge in [-0.25, -0.2) is 4.79 Å². The molecule has 1 aromatic carbocycles. The Bertz CT molecular complexity index is 908. The average molecular weight is 394 g/mol. The van der Waals surface area contributed by atoms with Crippen molar-refractivity contribution in [3.8, 4) is 6.07 Å². The van der Waals surface area contributed by atoms with Gasteiger partial charge in [0.15, 0.2) is 0 Å². The molecule has 0 aliphatic heterocycles. The number of nitriles is 1. The molecule has 0 aliphatic carbocycles. The zero-order chi connectivity index (χ0) is 21.2. The van der Waals surface area contributed by atoms with Crippen molar-refractivity contribution in [2.75, 3.05) is 17.2 Å². The number of nitrogens with zero attached hydrogens (tertiary/aromatic N) is 3. The van der Waals surface area contributed by atoms with Crippen LogP contribution >= 0.6 is 0 Å². The number of nitrogens with one attached hydrogen (secondary N) is 3. The Morgan fingerprint density at radius 2 is 1.86 bits per heavy atom. The van der Waals surface area contributed by atoms with Crippen LogP contribution in [0.15, 0.2) is 36.9 Å². The first-order chi connectivity index (χ1) is 13.9. The van der Waals surface area contributed by atoms with Crippen molar-refractivity contribution in [1.82, 2.24) is 15.1 Å². The van der Waals surface area contributed by atoms with Crippen molar-refractivity contribution in [1.29, 1.82) is 5.26 Å². The van der Waals surface area contributed by atoms with E-state index in [9.17, 15) is 9.59 Å². The molecule has 1 heterocycles. The third-order valence-corrected chi connectivity index (χ3v) is 4.40. The number of hydrogen-bond acceptors (Lipinski definition) is 4. The van der Waals surface area contributed by atoms with Gasteiger partial charge < -0.3 is 16.0 Å². The quantitative estimate of drug-likeness (QED) is 0.567. The normalized spacial score (nSPS) is 10.1. The molecular weight excluding hydrogens is 368 g/mol. The van der Waals surface area contributed by atoms with Crippen LogP contribution in [-0.2, 0) is 17.8 Å². The lowest BCUT2D eigenvalue weighted by Crippen LogP contribution is -2.28. The second-order valence-corrected chi connectivity index (χ2v) is 6.53. The number of carbonyl (C=O) groups is 2. The van der Waals surface area contributed by atoms with Crippen molar-refractivity contribution >= 4 is 23.3 Å². The molecule has 0 atom stereocenters. The Morgan fingerprint density at radius 1 is 1.21 bits per heavy atom. The van der Waals surface area contributed by atoms with E-state index in [0.717, 1.165) is 17.0 Å². The van der Waals surface area contributed by atoms with E-state index in [2.05, 4.69) is 33.7 Å². The van der Waals surface area contributed by atoms with Gasteiger partial charge in [-0.3, -0.25) is 9.48 Å². The maximum atomic E-state index is 12.3. The minimum absolute atomic E-state index is 0.0991. The van der Waals surface area contributed by atoms with Crippen LogP contribution in [0.1, 0.15) is 29.8 Å². The lowest BCUT2D eigenvalue weighted by molar-refractivity contribution is -0.116. The molecule has 29 heavy (non-hydrogen) atoms. The van der Waals surface area contributed by atoms with Gasteiger partial charge in [-0.15, -0.1) is 6.58 Å². The van der Waals surface area contributed by atoms with Gasteiger partial charge in [0.2, 0.25) is 5.91 Å². The van der Waals surface area contributed by atoms with E-state index in [-0.39, 0.29) is 11.9 Å². The molecule has 0 unspecified atom stereocenters. The van der Waals surface area contributed by atoms with Gasteiger partial charge in [-0.1, -0.05) is 6.08 Å². The molecule has 8 heteroatoms. The molecule has 152 valence electrons. The number of aryl methyl sites for hydroxylation is 2. The SMILES string of the molecule is C=CCNC(=O)Nc1ccc(NC(=O)CCc2c(C)nn(CCC#N)c2C)cc1. The highest BCUT2D eigenvalue weighted by Crippen LogP contribution is 2.17. The minimum atomic E-state index is -0.317. The first-order valence-corrected chi connectivity index (χ1v) is 9.40. The van der Waals surface area contributed by atoms with Crippen molar-refractivity contribution in [3.63, 3.8) is 0 Å². The summed E-state index contributed by atoms with van der Waals surface area (Å²) in [7, 11) is 0. The molecule has 3 N–H and O–H groups in total. The monoisotopic (exact) mass is 394 g/mol. The number of benzene rings is 1. The van der Waals surface area contributed by atoms with E-state index in [0.29, 0.717) is 43.7 Å². The van der Waals surface area contributed by atoms with E-state index in [4.69, 9.17) is 5.26 Å². The molecule has 0 radical (unpaired) electrons. The van der Waals surface area contributed by atoms with Gasteiger partial charge in [0.05, 0.1) is 24.7 Å². The average Bonchev–Trinajstić information content (AvgIpc) is 2.97. The Hall–Kier alpha value is -3.60. The van der Waals surface area contributed by atoms with Gasteiger partial charge in [0, 0.05) is 30.0 Å². The van der Waals surface area contributed by atoms with Crippen LogP contribution in [0.4, 0.5) is 16.2 Å². The second kappa shape index (κ2) is 10.7. The van der Waals surface area contributed by atoms with Crippen molar-refractivity contribution in [2.24, 2.45) is 0 Å². The smallest absolute Gasteiger partial charge is 0.319 e. The zero-order valence-corrected chi connectivity index (χ0v) is 16.8. The van der Waals surface area contributed by atoms with Crippen molar-refractivity contribution in [3.05, 3.63) is 53.9 Å². The van der Waals surface area contributed by atoms with Crippen LogP contribution in [-0.4, -0.2) is 28.3 Å². The summed E-state index contributed by atoms with van der Waals surface area (Å²) in [6, 6.07) is 8.71. The second-order valence-electron chi connectivity index (χ2n) is 6.53. The van der Waals surface area contributed by atoms with Crippen LogP contribution < -0.4 is 16.0 Å². The van der Waals surface area contributed by atoms with Crippen LogP contribution in [0.3, 0.4) is 0 Å². The Balaban J connectivity index is 1.87. The third kappa shape index (κ3) is 6.50. The standard InChI is InChI=1S/C21H26N6O2/c1-4-13-23-21(29)25-18-8-6-17(7-9-18)24-20(28)11-10-19-15(2)26-27(16(19)3)14-5-12-22/h4,6-9H,1,5,10-11,13-14H2,2-3H3,(H,24,28)(H2,23,25,29). The number of anilines is 2. The highest BCUT2D eigenvalue weighted by Gasteiger charge is 2.13. The predicted octanol–water partition coefficient (Wildman–Crippen LogP) is 3.29. The van der Waals surface area contributed by atoms with E-state index in [1.165, 1.54) is 0 Å². The minimum Gasteiger partial charge on any atom is -0.334 e. The molecule has 0 fully saturated rings. The maximum absolute atomic E-state index is 12.3. The summed E-state index contributed by atoms with van der Waals surface area (Å²) >= 11 is 0. The largest absolute Gasteiger partial charge is 0.334 e. The molecule has 0 aliphatic rings. The fraction of sp³-hybridized carbons (Fsp3) is 0.333. The molecule has 0 spiro atoms. The topological polar surface area (TPSA) is 112 Å². The number of rotatable bonds is 9. The summed E-state index contributed by atoms with van der Waals surface area (Å²) in [5.74, 6) is -0.0991. The van der Waals surface area contributed by atoms with Crippen LogP contribution in [0.25, 0.3) is 0 Å². The first kappa shape index (κ1) is 21.7. The Labute approximate surface area is 170 Å². The molecule has 0 saturated heterocycles. The van der Waals surface area contributed by atoms with E-state index < -0.39 is 0 Å². The van der Waals surface area contributed by atoms with E-state index >= 15 is 0 Å². The maximum Gasteiger partial charge on any atom is 0.319 e. The summed E-state index contributed by atoms with van der Waals surface area (Å²) in [6.45, 7) is 8.36. The highest BCUT2D eigenvalue weighted by atomic mass is 16.2. The van der Waals surface area contributed by atoms with Crippen molar-refractivity contribution < 1.29 is 9.59 Å². The summed E-state index contributed by atoms with van der Waals surface area (Å²) in [5.41, 5.74) is 4.21. The number of amides is 3. The number of urea groups is 1. The zero-order valence-electron chi connectivity index (χ0n) is 16.8. The number of hydrogen-bond donors (Lipinski definition) is 3. The molecule has 3 amide bonds. The fourth-order valence-electron chi connectivity index (χ4n) is 2.91. The summed E-state index contributed by atoms with van der Waals surface area (Å²) in [4.78, 5) is 23.9. The summed E-state index contributed by atoms with van der Waals surface area (Å²) < 4.78 is 1.82. The van der Waals surface area contributed by atoms with Crippen molar-refractivity contribution in [2.45, 2.75) is 39.7 Å². The van der Waals surface area contributed by atoms with Gasteiger partial charge in [0.25, 0.3) is 0 Å². The van der Waals surface area contributed by atoms with Crippen LogP contribution in [0.2, 0.25) is 0 Å². The highest BCUT2D eigenvalue weighted by molar-refractivity contribution is 5.92. The molecule has 1 aromatic heterocycles. The van der Waals surface area contributed by atoms with Gasteiger partial charge in [0.1, 0.15) is 0 Å². The molecule has 2 rings (SSSR count). The summed E-state index contributed by atoms with van der Waals surface area (Å²) in [6.07, 6.45) is 2.91. The Morgan fingerprint density at radius 3 is 2.48 bits per heavy atom. The molecule has 0 saturated carbocycles. The number of aromatic nitrogens is 2. The molecular formula is C21H26N6O2. The first-order valence-electron chi connectivity index (χ1n) is 9.40. The lowest BCUT2D eigenvalue weighted by Gasteiger charge is -2.09. The van der Waals surface area contributed by atoms with E-state index in [1.807, 2.05) is 18.5 Å². The predicted molar refractivity (Wildman–Crippen MR) is 113 cm³/mol. The van der Waals surface area contributed by atoms with Crippen LogP contribution in [0.5, 0.6) is 0 Å². The summed E-state index contributed by atoms with van der Waals surface area (Å²) in [5, 5.41) is 21.4.